The van der Waals surface area contributed by atoms with Crippen LogP contribution in [0.4, 0.5) is 0 Å². The second kappa shape index (κ2) is 5.19. The van der Waals surface area contributed by atoms with E-state index in [0.717, 1.165) is 5.25 Å². The highest BCUT2D eigenvalue weighted by atomic mass is 32.2. The summed E-state index contributed by atoms with van der Waals surface area (Å²) in [6.07, 6.45) is 4.17. The van der Waals surface area contributed by atoms with Crippen molar-refractivity contribution in [1.82, 2.24) is 5.32 Å². The van der Waals surface area contributed by atoms with E-state index in [-0.39, 0.29) is 0 Å². The number of hydrogen-bond donors (Lipinski definition) is 1. The van der Waals surface area contributed by atoms with Crippen LogP contribution in [0.3, 0.4) is 0 Å². The van der Waals surface area contributed by atoms with E-state index in [2.05, 4.69) is 41.0 Å². The first-order chi connectivity index (χ1) is 6.92. The molecule has 78 valence electrons. The first kappa shape index (κ1) is 10.5. The normalized spacial score (nSPS) is 24.8. The molecule has 1 fully saturated rings. The van der Waals surface area contributed by atoms with E-state index in [1.807, 2.05) is 0 Å². The zero-order chi connectivity index (χ0) is 9.80. The number of thioether (sulfide) groups is 1. The van der Waals surface area contributed by atoms with Gasteiger partial charge in [-0.25, -0.2) is 0 Å². The molecule has 0 aromatic carbocycles. The van der Waals surface area contributed by atoms with Crippen molar-refractivity contribution in [2.24, 2.45) is 0 Å². The van der Waals surface area contributed by atoms with Crippen LogP contribution in [0.1, 0.15) is 30.9 Å². The Hall–Kier alpha value is 0.01000. The Labute approximate surface area is 94.3 Å². The van der Waals surface area contributed by atoms with Gasteiger partial charge >= 0.3 is 0 Å². The predicted molar refractivity (Wildman–Crippen MR) is 66.2 cm³/mol. The fourth-order valence-corrected chi connectivity index (χ4v) is 4.24. The SMILES string of the molecule is CNC(c1ccsc1)C1CCCCS1. The van der Waals surface area contributed by atoms with Crippen LogP contribution >= 0.6 is 23.1 Å². The highest BCUT2D eigenvalue weighted by molar-refractivity contribution is 8.00. The lowest BCUT2D eigenvalue weighted by Crippen LogP contribution is -2.28. The van der Waals surface area contributed by atoms with E-state index in [9.17, 15) is 0 Å². The molecule has 2 rings (SSSR count). The summed E-state index contributed by atoms with van der Waals surface area (Å²) in [4.78, 5) is 0. The van der Waals surface area contributed by atoms with Gasteiger partial charge in [0.15, 0.2) is 0 Å². The van der Waals surface area contributed by atoms with Crippen LogP contribution in [-0.2, 0) is 0 Å². The molecular formula is C11H17NS2. The molecular weight excluding hydrogens is 210 g/mol. The first-order valence-corrected chi connectivity index (χ1v) is 7.22. The van der Waals surface area contributed by atoms with Crippen LogP contribution < -0.4 is 5.32 Å². The van der Waals surface area contributed by atoms with Crippen LogP contribution in [0.5, 0.6) is 0 Å². The van der Waals surface area contributed by atoms with Gasteiger partial charge in [-0.15, -0.1) is 0 Å². The summed E-state index contributed by atoms with van der Waals surface area (Å²) in [5, 5.41) is 8.69. The zero-order valence-electron chi connectivity index (χ0n) is 8.53. The fourth-order valence-electron chi connectivity index (χ4n) is 2.05. The Morgan fingerprint density at radius 1 is 1.50 bits per heavy atom. The van der Waals surface area contributed by atoms with Crippen molar-refractivity contribution in [3.8, 4) is 0 Å². The molecule has 1 aliphatic rings. The van der Waals surface area contributed by atoms with Crippen molar-refractivity contribution in [2.45, 2.75) is 30.6 Å². The molecule has 0 radical (unpaired) electrons. The molecule has 1 aromatic rings. The van der Waals surface area contributed by atoms with Crippen molar-refractivity contribution in [3.63, 3.8) is 0 Å². The maximum atomic E-state index is 3.46. The number of hydrogen-bond acceptors (Lipinski definition) is 3. The van der Waals surface area contributed by atoms with E-state index in [1.165, 1.54) is 30.6 Å². The maximum Gasteiger partial charge on any atom is 0.0446 e. The fraction of sp³-hybridized carbons (Fsp3) is 0.636. The van der Waals surface area contributed by atoms with Gasteiger partial charge in [0.2, 0.25) is 0 Å². The second-order valence-electron chi connectivity index (χ2n) is 3.73. The molecule has 0 spiro atoms. The monoisotopic (exact) mass is 227 g/mol. The lowest BCUT2D eigenvalue weighted by Gasteiger charge is -2.29. The second-order valence-corrected chi connectivity index (χ2v) is 5.86. The predicted octanol–water partition coefficient (Wildman–Crippen LogP) is 3.29. The summed E-state index contributed by atoms with van der Waals surface area (Å²) in [7, 11) is 2.08. The Bertz CT molecular complexity index is 252. The van der Waals surface area contributed by atoms with E-state index < -0.39 is 0 Å². The molecule has 14 heavy (non-hydrogen) atoms. The summed E-state index contributed by atoms with van der Waals surface area (Å²) in [5.74, 6) is 1.34. The van der Waals surface area contributed by atoms with Gasteiger partial charge in [-0.3, -0.25) is 0 Å². The van der Waals surface area contributed by atoms with E-state index in [0.29, 0.717) is 6.04 Å². The number of thiophene rings is 1. The molecule has 2 heterocycles. The van der Waals surface area contributed by atoms with E-state index >= 15 is 0 Å². The maximum absolute atomic E-state index is 3.46. The molecule has 0 bridgehead atoms. The van der Waals surface area contributed by atoms with E-state index in [1.54, 1.807) is 11.3 Å². The summed E-state index contributed by atoms with van der Waals surface area (Å²) in [6, 6.07) is 2.81. The van der Waals surface area contributed by atoms with Gasteiger partial charge in [-0.05, 0) is 48.0 Å². The number of nitrogens with one attached hydrogen (secondary N) is 1. The van der Waals surface area contributed by atoms with Gasteiger partial charge in [0.05, 0.1) is 0 Å². The molecule has 2 atom stereocenters. The minimum Gasteiger partial charge on any atom is -0.312 e. The van der Waals surface area contributed by atoms with E-state index in [4.69, 9.17) is 0 Å². The largest absolute Gasteiger partial charge is 0.312 e. The number of rotatable bonds is 3. The summed E-state index contributed by atoms with van der Waals surface area (Å²) in [6.45, 7) is 0. The minimum atomic E-state index is 0.562. The van der Waals surface area contributed by atoms with Crippen molar-refractivity contribution < 1.29 is 0 Å². The van der Waals surface area contributed by atoms with Crippen molar-refractivity contribution in [2.75, 3.05) is 12.8 Å². The summed E-state index contributed by atoms with van der Waals surface area (Å²) in [5.41, 5.74) is 1.47. The molecule has 0 aliphatic carbocycles. The zero-order valence-corrected chi connectivity index (χ0v) is 10.2. The van der Waals surface area contributed by atoms with Crippen LogP contribution in [0, 0.1) is 0 Å². The summed E-state index contributed by atoms with van der Waals surface area (Å²) < 4.78 is 0. The average Bonchev–Trinajstić information content (AvgIpc) is 2.74. The van der Waals surface area contributed by atoms with Gasteiger partial charge in [-0.2, -0.15) is 23.1 Å². The molecule has 1 nitrogen and oxygen atoms in total. The lowest BCUT2D eigenvalue weighted by atomic mass is 10.0. The lowest BCUT2D eigenvalue weighted by molar-refractivity contribution is 0.517. The van der Waals surface area contributed by atoms with Gasteiger partial charge in [-0.1, -0.05) is 6.42 Å². The van der Waals surface area contributed by atoms with Crippen LogP contribution in [0.15, 0.2) is 16.8 Å². The average molecular weight is 227 g/mol. The molecule has 1 saturated heterocycles. The molecule has 1 N–H and O–H groups in total. The standard InChI is InChI=1S/C11H17NS2/c1-12-11(9-5-7-13-8-9)10-4-2-3-6-14-10/h5,7-8,10-12H,2-4,6H2,1H3. The molecule has 0 amide bonds. The van der Waals surface area contributed by atoms with Gasteiger partial charge in [0.25, 0.3) is 0 Å². The van der Waals surface area contributed by atoms with Crippen LogP contribution in [-0.4, -0.2) is 18.1 Å². The molecule has 1 aromatic heterocycles. The van der Waals surface area contributed by atoms with Gasteiger partial charge in [0, 0.05) is 11.3 Å². The Morgan fingerprint density at radius 3 is 3.00 bits per heavy atom. The Morgan fingerprint density at radius 2 is 2.43 bits per heavy atom. The molecule has 2 unspecified atom stereocenters. The van der Waals surface area contributed by atoms with Crippen molar-refractivity contribution >= 4 is 23.1 Å². The van der Waals surface area contributed by atoms with Crippen molar-refractivity contribution in [1.29, 1.82) is 0 Å². The third-order valence-electron chi connectivity index (χ3n) is 2.80. The summed E-state index contributed by atoms with van der Waals surface area (Å²) >= 11 is 3.93. The molecule has 3 heteroatoms. The highest BCUT2D eigenvalue weighted by Gasteiger charge is 2.24. The topological polar surface area (TPSA) is 12.0 Å². The minimum absolute atomic E-state index is 0.562. The van der Waals surface area contributed by atoms with Gasteiger partial charge in [0.1, 0.15) is 0 Å². The third kappa shape index (κ3) is 2.33. The Balaban J connectivity index is 2.04. The Kier molecular flexibility index (Phi) is 3.90. The third-order valence-corrected chi connectivity index (χ3v) is 4.96. The quantitative estimate of drug-likeness (QED) is 0.850. The first-order valence-electron chi connectivity index (χ1n) is 5.23. The molecule has 1 aliphatic heterocycles. The smallest absolute Gasteiger partial charge is 0.0446 e. The van der Waals surface area contributed by atoms with Crippen molar-refractivity contribution in [3.05, 3.63) is 22.4 Å². The van der Waals surface area contributed by atoms with Crippen LogP contribution in [0.25, 0.3) is 0 Å². The van der Waals surface area contributed by atoms with Gasteiger partial charge < -0.3 is 5.32 Å². The molecule has 0 saturated carbocycles. The highest BCUT2D eigenvalue weighted by Crippen LogP contribution is 2.35. The van der Waals surface area contributed by atoms with Crippen LogP contribution in [0.2, 0.25) is 0 Å².